The standard InChI is InChI=1S/C8H9ClO2/c9-7-2-1-3-8(6-7)11-5-4-10/h1-3,6,10H,4-5H2. The van der Waals surface area contributed by atoms with E-state index in [0.717, 1.165) is 0 Å². The minimum atomic E-state index is 0.0204. The molecule has 0 fully saturated rings. The highest BCUT2D eigenvalue weighted by Crippen LogP contribution is 2.16. The van der Waals surface area contributed by atoms with E-state index in [-0.39, 0.29) is 6.61 Å². The zero-order valence-electron chi connectivity index (χ0n) is 5.96. The molecule has 0 aliphatic heterocycles. The van der Waals surface area contributed by atoms with Gasteiger partial charge in [-0.25, -0.2) is 0 Å². The lowest BCUT2D eigenvalue weighted by Gasteiger charge is -2.02. The Labute approximate surface area is 70.4 Å². The van der Waals surface area contributed by atoms with Gasteiger partial charge in [-0.1, -0.05) is 17.7 Å². The molecule has 0 atom stereocenters. The molecule has 2 nitrogen and oxygen atoms in total. The summed E-state index contributed by atoms with van der Waals surface area (Å²) < 4.78 is 5.10. The van der Waals surface area contributed by atoms with Gasteiger partial charge in [0, 0.05) is 5.02 Å². The van der Waals surface area contributed by atoms with Gasteiger partial charge in [-0.2, -0.15) is 0 Å². The Morgan fingerprint density at radius 3 is 2.91 bits per heavy atom. The Hall–Kier alpha value is -0.730. The summed E-state index contributed by atoms with van der Waals surface area (Å²) >= 11 is 5.68. The largest absolute Gasteiger partial charge is 0.491 e. The molecule has 60 valence electrons. The van der Waals surface area contributed by atoms with E-state index >= 15 is 0 Å². The second-order valence-electron chi connectivity index (χ2n) is 2.03. The van der Waals surface area contributed by atoms with Crippen LogP contribution in [-0.4, -0.2) is 18.3 Å². The van der Waals surface area contributed by atoms with Crippen LogP contribution in [0.1, 0.15) is 0 Å². The van der Waals surface area contributed by atoms with Crippen LogP contribution in [0.5, 0.6) is 5.75 Å². The Bertz CT molecular complexity index is 225. The van der Waals surface area contributed by atoms with Crippen molar-refractivity contribution in [2.45, 2.75) is 0 Å². The molecule has 1 rings (SSSR count). The molecule has 0 saturated carbocycles. The van der Waals surface area contributed by atoms with Crippen molar-refractivity contribution in [3.8, 4) is 5.75 Å². The number of benzene rings is 1. The highest BCUT2D eigenvalue weighted by atomic mass is 35.5. The molecule has 0 bridgehead atoms. The van der Waals surface area contributed by atoms with E-state index in [1.165, 1.54) is 0 Å². The van der Waals surface area contributed by atoms with Crippen molar-refractivity contribution in [2.75, 3.05) is 13.2 Å². The molecular weight excluding hydrogens is 164 g/mol. The van der Waals surface area contributed by atoms with Crippen molar-refractivity contribution >= 4 is 11.6 Å². The van der Waals surface area contributed by atoms with Crippen molar-refractivity contribution in [1.82, 2.24) is 0 Å². The van der Waals surface area contributed by atoms with Gasteiger partial charge < -0.3 is 9.84 Å². The van der Waals surface area contributed by atoms with Crippen molar-refractivity contribution in [3.63, 3.8) is 0 Å². The molecule has 0 aliphatic rings. The molecule has 1 aromatic carbocycles. The van der Waals surface area contributed by atoms with E-state index in [1.54, 1.807) is 24.3 Å². The van der Waals surface area contributed by atoms with Gasteiger partial charge >= 0.3 is 0 Å². The average Bonchev–Trinajstić information content (AvgIpc) is 2.01. The van der Waals surface area contributed by atoms with E-state index in [4.69, 9.17) is 21.4 Å². The fourth-order valence-corrected chi connectivity index (χ4v) is 0.901. The number of ether oxygens (including phenoxy) is 1. The van der Waals surface area contributed by atoms with E-state index < -0.39 is 0 Å². The maximum absolute atomic E-state index is 8.44. The van der Waals surface area contributed by atoms with E-state index in [0.29, 0.717) is 17.4 Å². The van der Waals surface area contributed by atoms with Gasteiger partial charge in [-0.15, -0.1) is 0 Å². The van der Waals surface area contributed by atoms with Crippen LogP contribution in [0.3, 0.4) is 0 Å². The topological polar surface area (TPSA) is 29.5 Å². The van der Waals surface area contributed by atoms with E-state index in [2.05, 4.69) is 0 Å². The molecule has 0 radical (unpaired) electrons. The predicted octanol–water partition coefficient (Wildman–Crippen LogP) is 1.71. The zero-order chi connectivity index (χ0) is 8.10. The maximum Gasteiger partial charge on any atom is 0.120 e. The third-order valence-corrected chi connectivity index (χ3v) is 1.39. The second kappa shape index (κ2) is 4.21. The summed E-state index contributed by atoms with van der Waals surface area (Å²) in [5.74, 6) is 0.687. The summed E-state index contributed by atoms with van der Waals surface area (Å²) in [5, 5.41) is 9.08. The van der Waals surface area contributed by atoms with Crippen LogP contribution in [0.4, 0.5) is 0 Å². The lowest BCUT2D eigenvalue weighted by atomic mass is 10.3. The van der Waals surface area contributed by atoms with Gasteiger partial charge in [0.05, 0.1) is 6.61 Å². The Morgan fingerprint density at radius 2 is 2.27 bits per heavy atom. The summed E-state index contributed by atoms with van der Waals surface area (Å²) in [6.07, 6.45) is 0. The maximum atomic E-state index is 8.44. The molecule has 3 heteroatoms. The number of rotatable bonds is 3. The van der Waals surface area contributed by atoms with Gasteiger partial charge in [-0.05, 0) is 18.2 Å². The Morgan fingerprint density at radius 1 is 1.45 bits per heavy atom. The molecule has 0 aromatic heterocycles. The minimum absolute atomic E-state index is 0.0204. The normalized spacial score (nSPS) is 9.64. The van der Waals surface area contributed by atoms with Crippen molar-refractivity contribution in [1.29, 1.82) is 0 Å². The number of aliphatic hydroxyl groups excluding tert-OH is 1. The third kappa shape index (κ3) is 2.78. The number of hydrogen-bond acceptors (Lipinski definition) is 2. The van der Waals surface area contributed by atoms with Gasteiger partial charge in [0.25, 0.3) is 0 Å². The van der Waals surface area contributed by atoms with Crippen LogP contribution in [0, 0.1) is 0 Å². The monoisotopic (exact) mass is 172 g/mol. The van der Waals surface area contributed by atoms with Crippen LogP contribution in [0.25, 0.3) is 0 Å². The fourth-order valence-electron chi connectivity index (χ4n) is 0.720. The predicted molar refractivity (Wildman–Crippen MR) is 44.0 cm³/mol. The first-order valence-corrected chi connectivity index (χ1v) is 3.70. The van der Waals surface area contributed by atoms with Crippen LogP contribution in [0.15, 0.2) is 24.3 Å². The van der Waals surface area contributed by atoms with Gasteiger partial charge in [-0.3, -0.25) is 0 Å². The third-order valence-electron chi connectivity index (χ3n) is 1.16. The highest BCUT2D eigenvalue weighted by molar-refractivity contribution is 6.30. The quantitative estimate of drug-likeness (QED) is 0.752. The molecule has 0 aliphatic carbocycles. The molecule has 0 unspecified atom stereocenters. The molecule has 0 saturated heterocycles. The summed E-state index contributed by atoms with van der Waals surface area (Å²) in [5.41, 5.74) is 0. The summed E-state index contributed by atoms with van der Waals surface area (Å²) in [7, 11) is 0. The van der Waals surface area contributed by atoms with Gasteiger partial charge in [0.2, 0.25) is 0 Å². The SMILES string of the molecule is OCCOc1cccc(Cl)c1. The summed E-state index contributed by atoms with van der Waals surface area (Å²) in [4.78, 5) is 0. The first-order valence-electron chi connectivity index (χ1n) is 3.32. The highest BCUT2D eigenvalue weighted by Gasteiger charge is 1.92. The zero-order valence-corrected chi connectivity index (χ0v) is 6.71. The smallest absolute Gasteiger partial charge is 0.120 e. The number of halogens is 1. The van der Waals surface area contributed by atoms with Crippen molar-refractivity contribution in [2.24, 2.45) is 0 Å². The molecule has 11 heavy (non-hydrogen) atoms. The fraction of sp³-hybridized carbons (Fsp3) is 0.250. The molecular formula is C8H9ClO2. The van der Waals surface area contributed by atoms with E-state index in [9.17, 15) is 0 Å². The van der Waals surface area contributed by atoms with Crippen LogP contribution < -0.4 is 4.74 Å². The van der Waals surface area contributed by atoms with Crippen LogP contribution in [-0.2, 0) is 0 Å². The Balaban J connectivity index is 2.56. The van der Waals surface area contributed by atoms with E-state index in [1.807, 2.05) is 0 Å². The van der Waals surface area contributed by atoms with Crippen LogP contribution in [0.2, 0.25) is 5.02 Å². The molecule has 0 spiro atoms. The lowest BCUT2D eigenvalue weighted by molar-refractivity contribution is 0.201. The Kier molecular flexibility index (Phi) is 3.20. The first-order chi connectivity index (χ1) is 5.33. The van der Waals surface area contributed by atoms with Gasteiger partial charge in [0.15, 0.2) is 0 Å². The van der Waals surface area contributed by atoms with Crippen molar-refractivity contribution in [3.05, 3.63) is 29.3 Å². The number of aliphatic hydroxyl groups is 1. The summed E-state index contributed by atoms with van der Waals surface area (Å²) in [6.45, 7) is 0.326. The average molecular weight is 173 g/mol. The second-order valence-corrected chi connectivity index (χ2v) is 2.47. The molecule has 0 heterocycles. The minimum Gasteiger partial charge on any atom is -0.491 e. The molecule has 1 N–H and O–H groups in total. The first kappa shape index (κ1) is 8.37. The molecule has 0 amide bonds. The summed E-state index contributed by atoms with van der Waals surface area (Å²) in [6, 6.07) is 7.07. The number of hydrogen-bond donors (Lipinski definition) is 1. The lowest BCUT2D eigenvalue weighted by Crippen LogP contribution is -2.00. The van der Waals surface area contributed by atoms with Gasteiger partial charge in [0.1, 0.15) is 12.4 Å². The van der Waals surface area contributed by atoms with Crippen molar-refractivity contribution < 1.29 is 9.84 Å². The van der Waals surface area contributed by atoms with Crippen LogP contribution >= 0.6 is 11.6 Å². The molecule has 1 aromatic rings.